The number of rotatable bonds is 5. The van der Waals surface area contributed by atoms with Crippen LogP contribution in [0.25, 0.3) is 0 Å². The lowest BCUT2D eigenvalue weighted by Crippen LogP contribution is -2.42. The Bertz CT molecular complexity index is 347. The fourth-order valence-electron chi connectivity index (χ4n) is 2.75. The van der Waals surface area contributed by atoms with E-state index in [4.69, 9.17) is 4.74 Å². The van der Waals surface area contributed by atoms with Gasteiger partial charge in [0.05, 0.1) is 6.10 Å². The van der Waals surface area contributed by atoms with Crippen molar-refractivity contribution in [1.29, 1.82) is 0 Å². The summed E-state index contributed by atoms with van der Waals surface area (Å²) in [5.41, 5.74) is 2.78. The van der Waals surface area contributed by atoms with Gasteiger partial charge in [-0.05, 0) is 30.4 Å². The first kappa shape index (κ1) is 13.6. The second-order valence-electron chi connectivity index (χ2n) is 5.22. The molecule has 18 heavy (non-hydrogen) atoms. The van der Waals surface area contributed by atoms with Gasteiger partial charge in [0, 0.05) is 19.7 Å². The van der Waals surface area contributed by atoms with Crippen molar-refractivity contribution in [3.8, 4) is 0 Å². The largest absolute Gasteiger partial charge is 0.380 e. The lowest BCUT2D eigenvalue weighted by molar-refractivity contribution is 0.0413. The quantitative estimate of drug-likeness (QED) is 0.862. The predicted molar refractivity (Wildman–Crippen MR) is 75.7 cm³/mol. The number of hydrogen-bond acceptors (Lipinski definition) is 2. The molecule has 1 aromatic carbocycles. The van der Waals surface area contributed by atoms with Crippen LogP contribution >= 0.6 is 0 Å². The van der Waals surface area contributed by atoms with Gasteiger partial charge in [-0.3, -0.25) is 0 Å². The summed E-state index contributed by atoms with van der Waals surface area (Å²) in [6, 6.07) is 9.44. The molecule has 1 aliphatic carbocycles. The molecule has 0 aromatic heterocycles. The fraction of sp³-hybridized carbons (Fsp3) is 0.625. The average molecular weight is 247 g/mol. The van der Waals surface area contributed by atoms with Gasteiger partial charge in [0.15, 0.2) is 0 Å². The minimum absolute atomic E-state index is 0.397. The standard InChI is InChI=1S/C16H25NO/c1-3-13-8-10-14(11-9-13)12-17-15-6-4-5-7-16(15)18-2/h8-11,15-17H,3-7,12H2,1-2H3. The molecule has 0 radical (unpaired) electrons. The van der Waals surface area contributed by atoms with E-state index < -0.39 is 0 Å². The van der Waals surface area contributed by atoms with Crippen LogP contribution in [0.2, 0.25) is 0 Å². The van der Waals surface area contributed by atoms with E-state index in [0.29, 0.717) is 12.1 Å². The zero-order valence-electron chi connectivity index (χ0n) is 11.6. The monoisotopic (exact) mass is 247 g/mol. The van der Waals surface area contributed by atoms with Gasteiger partial charge in [-0.15, -0.1) is 0 Å². The van der Waals surface area contributed by atoms with Crippen molar-refractivity contribution in [3.05, 3.63) is 35.4 Å². The fourth-order valence-corrected chi connectivity index (χ4v) is 2.75. The molecule has 1 aliphatic rings. The molecule has 1 aromatic rings. The third-order valence-corrected chi connectivity index (χ3v) is 4.00. The zero-order chi connectivity index (χ0) is 12.8. The molecule has 0 heterocycles. The molecular weight excluding hydrogens is 222 g/mol. The molecule has 1 saturated carbocycles. The highest BCUT2D eigenvalue weighted by Gasteiger charge is 2.23. The van der Waals surface area contributed by atoms with Gasteiger partial charge >= 0.3 is 0 Å². The summed E-state index contributed by atoms with van der Waals surface area (Å²) in [5.74, 6) is 0. The highest BCUT2D eigenvalue weighted by atomic mass is 16.5. The van der Waals surface area contributed by atoms with Crippen LogP contribution in [-0.4, -0.2) is 19.3 Å². The highest BCUT2D eigenvalue weighted by Crippen LogP contribution is 2.21. The maximum Gasteiger partial charge on any atom is 0.0724 e. The predicted octanol–water partition coefficient (Wildman–Crippen LogP) is 3.30. The summed E-state index contributed by atoms with van der Waals surface area (Å²) in [6.07, 6.45) is 6.58. The van der Waals surface area contributed by atoms with Crippen LogP contribution in [0.15, 0.2) is 24.3 Å². The summed E-state index contributed by atoms with van der Waals surface area (Å²) in [4.78, 5) is 0. The molecule has 0 bridgehead atoms. The third kappa shape index (κ3) is 3.56. The molecular formula is C16H25NO. The zero-order valence-corrected chi connectivity index (χ0v) is 11.6. The number of benzene rings is 1. The number of aryl methyl sites for hydroxylation is 1. The van der Waals surface area contributed by atoms with E-state index in [1.807, 2.05) is 7.11 Å². The van der Waals surface area contributed by atoms with Gasteiger partial charge in [-0.2, -0.15) is 0 Å². The van der Waals surface area contributed by atoms with Crippen LogP contribution in [0.4, 0.5) is 0 Å². The Hall–Kier alpha value is -0.860. The minimum Gasteiger partial charge on any atom is -0.380 e. The molecule has 2 heteroatoms. The van der Waals surface area contributed by atoms with Gasteiger partial charge in [-0.25, -0.2) is 0 Å². The Kier molecular flexibility index (Phi) is 5.21. The van der Waals surface area contributed by atoms with E-state index in [1.165, 1.54) is 36.8 Å². The number of ether oxygens (including phenoxy) is 1. The minimum atomic E-state index is 0.397. The first-order valence-electron chi connectivity index (χ1n) is 7.17. The molecule has 2 unspecified atom stereocenters. The molecule has 1 N–H and O–H groups in total. The van der Waals surface area contributed by atoms with Gasteiger partial charge in [0.25, 0.3) is 0 Å². The van der Waals surface area contributed by atoms with E-state index in [0.717, 1.165) is 13.0 Å². The van der Waals surface area contributed by atoms with Crippen LogP contribution in [0.3, 0.4) is 0 Å². The molecule has 0 amide bonds. The van der Waals surface area contributed by atoms with Crippen molar-refractivity contribution in [2.75, 3.05) is 7.11 Å². The maximum absolute atomic E-state index is 5.57. The van der Waals surface area contributed by atoms with Crippen molar-refractivity contribution < 1.29 is 4.74 Å². The maximum atomic E-state index is 5.57. The Balaban J connectivity index is 1.85. The van der Waals surface area contributed by atoms with E-state index >= 15 is 0 Å². The number of methoxy groups -OCH3 is 1. The van der Waals surface area contributed by atoms with Gasteiger partial charge < -0.3 is 10.1 Å². The summed E-state index contributed by atoms with van der Waals surface area (Å²) < 4.78 is 5.57. The second-order valence-corrected chi connectivity index (χ2v) is 5.22. The molecule has 2 rings (SSSR count). The SMILES string of the molecule is CCc1ccc(CNC2CCCCC2OC)cc1. The van der Waals surface area contributed by atoms with Crippen LogP contribution in [0, 0.1) is 0 Å². The Morgan fingerprint density at radius 1 is 1.11 bits per heavy atom. The van der Waals surface area contributed by atoms with Crippen molar-refractivity contribution in [2.24, 2.45) is 0 Å². The van der Waals surface area contributed by atoms with Gasteiger partial charge in [0.2, 0.25) is 0 Å². The molecule has 2 atom stereocenters. The van der Waals surface area contributed by atoms with Crippen molar-refractivity contribution in [2.45, 2.75) is 57.7 Å². The van der Waals surface area contributed by atoms with E-state index in [2.05, 4.69) is 36.5 Å². The Labute approximate surface area is 111 Å². The molecule has 0 aliphatic heterocycles. The molecule has 0 saturated heterocycles. The number of hydrogen-bond donors (Lipinski definition) is 1. The summed E-state index contributed by atoms with van der Waals surface area (Å²) in [6.45, 7) is 3.15. The van der Waals surface area contributed by atoms with E-state index in [-0.39, 0.29) is 0 Å². The van der Waals surface area contributed by atoms with Crippen LogP contribution in [0.5, 0.6) is 0 Å². The Morgan fingerprint density at radius 3 is 2.44 bits per heavy atom. The van der Waals surface area contributed by atoms with Crippen molar-refractivity contribution in [1.82, 2.24) is 5.32 Å². The van der Waals surface area contributed by atoms with Crippen LogP contribution in [0.1, 0.15) is 43.7 Å². The summed E-state index contributed by atoms with van der Waals surface area (Å²) >= 11 is 0. The van der Waals surface area contributed by atoms with Crippen LogP contribution < -0.4 is 5.32 Å². The molecule has 100 valence electrons. The first-order chi connectivity index (χ1) is 8.83. The van der Waals surface area contributed by atoms with Crippen LogP contribution in [-0.2, 0) is 17.7 Å². The topological polar surface area (TPSA) is 21.3 Å². The number of nitrogens with one attached hydrogen (secondary N) is 1. The average Bonchev–Trinajstić information content (AvgIpc) is 2.46. The van der Waals surface area contributed by atoms with Gasteiger partial charge in [-0.1, -0.05) is 44.0 Å². The lowest BCUT2D eigenvalue weighted by Gasteiger charge is -2.31. The van der Waals surface area contributed by atoms with Crippen molar-refractivity contribution in [3.63, 3.8) is 0 Å². The van der Waals surface area contributed by atoms with Crippen molar-refractivity contribution >= 4 is 0 Å². The first-order valence-corrected chi connectivity index (χ1v) is 7.17. The smallest absolute Gasteiger partial charge is 0.0724 e. The molecule has 2 nitrogen and oxygen atoms in total. The summed E-state index contributed by atoms with van der Waals surface area (Å²) in [7, 11) is 1.83. The normalized spacial score (nSPS) is 24.1. The van der Waals surface area contributed by atoms with Gasteiger partial charge in [0.1, 0.15) is 0 Å². The van der Waals surface area contributed by atoms with E-state index in [9.17, 15) is 0 Å². The highest BCUT2D eigenvalue weighted by molar-refractivity contribution is 5.22. The molecule has 1 fully saturated rings. The Morgan fingerprint density at radius 2 is 1.78 bits per heavy atom. The third-order valence-electron chi connectivity index (χ3n) is 4.00. The lowest BCUT2D eigenvalue weighted by atomic mass is 9.92. The summed E-state index contributed by atoms with van der Waals surface area (Å²) in [5, 5.41) is 3.65. The van der Waals surface area contributed by atoms with E-state index in [1.54, 1.807) is 0 Å². The second kappa shape index (κ2) is 6.91. The molecule has 0 spiro atoms.